The summed E-state index contributed by atoms with van der Waals surface area (Å²) in [7, 11) is 1.60. The molecule has 3 rings (SSSR count). The maximum atomic E-state index is 12.9. The first-order valence-electron chi connectivity index (χ1n) is 8.71. The van der Waals surface area contributed by atoms with Gasteiger partial charge in [-0.25, -0.2) is 4.39 Å². The third-order valence-electron chi connectivity index (χ3n) is 3.65. The largest absolute Gasteiger partial charge is 0.497 e. The molecule has 0 saturated carbocycles. The molecule has 0 saturated heterocycles. The van der Waals surface area contributed by atoms with E-state index < -0.39 is 11.7 Å². The van der Waals surface area contributed by atoms with Crippen LogP contribution in [0, 0.1) is 5.82 Å². The Morgan fingerprint density at radius 2 is 1.73 bits per heavy atom. The molecule has 2 amide bonds. The van der Waals surface area contributed by atoms with E-state index >= 15 is 0 Å². The molecule has 0 unspecified atom stereocenters. The lowest BCUT2D eigenvalue weighted by Gasteiger charge is -2.06. The number of carbonyl (C=O) groups is 2. The number of thioether (sulfide) groups is 1. The van der Waals surface area contributed by atoms with Crippen LogP contribution in [-0.4, -0.2) is 41.4 Å². The second kappa shape index (κ2) is 10.6. The number of hydrogen-bond acceptors (Lipinski definition) is 8. The van der Waals surface area contributed by atoms with Gasteiger partial charge in [-0.05, 0) is 48.5 Å². The molecular weight excluding hydrogens is 429 g/mol. The van der Waals surface area contributed by atoms with Crippen LogP contribution in [0.3, 0.4) is 0 Å². The van der Waals surface area contributed by atoms with Crippen molar-refractivity contribution in [3.8, 4) is 5.75 Å². The van der Waals surface area contributed by atoms with E-state index in [1.54, 1.807) is 7.11 Å². The third kappa shape index (κ3) is 6.71. The van der Waals surface area contributed by atoms with Crippen LogP contribution in [-0.2, 0) is 9.59 Å². The van der Waals surface area contributed by atoms with Crippen LogP contribution in [0.4, 0.5) is 20.9 Å². The molecule has 0 radical (unpaired) electrons. The van der Waals surface area contributed by atoms with E-state index in [2.05, 4.69) is 26.1 Å². The summed E-state index contributed by atoms with van der Waals surface area (Å²) in [6.07, 6.45) is 0. The van der Waals surface area contributed by atoms with Crippen LogP contribution in [0.2, 0.25) is 0 Å². The molecule has 0 aliphatic heterocycles. The molecule has 1 heterocycles. The number of benzene rings is 2. The van der Waals surface area contributed by atoms with Crippen LogP contribution in [0.5, 0.6) is 5.75 Å². The molecule has 3 aromatic rings. The zero-order valence-corrected chi connectivity index (χ0v) is 17.5. The lowest BCUT2D eigenvalue weighted by molar-refractivity contribution is -0.122. The Labute approximate surface area is 180 Å². The molecule has 0 spiro atoms. The second-order valence-electron chi connectivity index (χ2n) is 5.85. The quantitative estimate of drug-likeness (QED) is 0.432. The molecule has 0 atom stereocenters. The predicted octanol–water partition coefficient (Wildman–Crippen LogP) is 3.28. The summed E-state index contributed by atoms with van der Waals surface area (Å²) >= 11 is 2.54. The molecule has 0 aliphatic rings. The Morgan fingerprint density at radius 3 is 2.43 bits per heavy atom. The predicted molar refractivity (Wildman–Crippen MR) is 115 cm³/mol. The molecule has 11 heteroatoms. The van der Waals surface area contributed by atoms with Gasteiger partial charge < -0.3 is 20.7 Å². The summed E-state index contributed by atoms with van der Waals surface area (Å²) in [5.41, 5.74) is 1.30. The third-order valence-corrected chi connectivity index (χ3v) is 5.62. The van der Waals surface area contributed by atoms with Crippen LogP contribution in [0.15, 0.2) is 52.9 Å². The topological polar surface area (TPSA) is 105 Å². The summed E-state index contributed by atoms with van der Waals surface area (Å²) in [5, 5.41) is 16.9. The molecular formula is C19H18FN5O3S2. The van der Waals surface area contributed by atoms with Crippen molar-refractivity contribution >= 4 is 51.4 Å². The lowest BCUT2D eigenvalue weighted by atomic mass is 10.3. The lowest BCUT2D eigenvalue weighted by Crippen LogP contribution is -2.33. The average molecular weight is 448 g/mol. The standard InChI is InChI=1S/C19H18FN5O3S2/c1-28-15-8-6-14(7-9-15)23-18-24-25-19(30-18)29-11-17(27)21-10-16(26)22-13-4-2-12(20)3-5-13/h2-9H,10-11H2,1H3,(H,21,27)(H,22,26)(H,23,24). The van der Waals surface area contributed by atoms with Crippen LogP contribution >= 0.6 is 23.1 Å². The van der Waals surface area contributed by atoms with Gasteiger partial charge in [-0.3, -0.25) is 9.59 Å². The van der Waals surface area contributed by atoms with Gasteiger partial charge in [0.25, 0.3) is 0 Å². The van der Waals surface area contributed by atoms with Gasteiger partial charge in [0, 0.05) is 11.4 Å². The highest BCUT2D eigenvalue weighted by Crippen LogP contribution is 2.28. The fourth-order valence-corrected chi connectivity index (χ4v) is 3.81. The number of aromatic nitrogens is 2. The van der Waals surface area contributed by atoms with Gasteiger partial charge in [0.1, 0.15) is 11.6 Å². The van der Waals surface area contributed by atoms with E-state index in [0.717, 1.165) is 11.4 Å². The highest BCUT2D eigenvalue weighted by molar-refractivity contribution is 8.01. The Balaban J connectivity index is 1.39. The van der Waals surface area contributed by atoms with Crippen molar-refractivity contribution in [3.63, 3.8) is 0 Å². The van der Waals surface area contributed by atoms with Gasteiger partial charge in [-0.15, -0.1) is 10.2 Å². The van der Waals surface area contributed by atoms with Crippen molar-refractivity contribution in [2.75, 3.05) is 30.0 Å². The molecule has 0 aliphatic carbocycles. The van der Waals surface area contributed by atoms with Gasteiger partial charge in [0.05, 0.1) is 19.4 Å². The number of nitrogens with zero attached hydrogens (tertiary/aromatic N) is 2. The number of anilines is 3. The molecule has 2 aromatic carbocycles. The highest BCUT2D eigenvalue weighted by Gasteiger charge is 2.10. The first-order valence-corrected chi connectivity index (χ1v) is 10.5. The summed E-state index contributed by atoms with van der Waals surface area (Å²) in [5.74, 6) is -0.249. The van der Waals surface area contributed by atoms with Crippen molar-refractivity contribution in [2.45, 2.75) is 4.34 Å². The van der Waals surface area contributed by atoms with E-state index in [-0.39, 0.29) is 18.2 Å². The number of hydrogen-bond donors (Lipinski definition) is 3. The van der Waals surface area contributed by atoms with E-state index in [1.807, 2.05) is 24.3 Å². The SMILES string of the molecule is COc1ccc(Nc2nnc(SCC(=O)NCC(=O)Nc3ccc(F)cc3)s2)cc1. The van der Waals surface area contributed by atoms with Crippen LogP contribution in [0.1, 0.15) is 0 Å². The summed E-state index contributed by atoms with van der Waals surface area (Å²) < 4.78 is 18.6. The zero-order valence-electron chi connectivity index (χ0n) is 15.8. The molecule has 8 nitrogen and oxygen atoms in total. The van der Waals surface area contributed by atoms with Gasteiger partial charge in [0.2, 0.25) is 16.9 Å². The van der Waals surface area contributed by atoms with Gasteiger partial charge in [0.15, 0.2) is 4.34 Å². The average Bonchev–Trinajstić information content (AvgIpc) is 3.20. The first-order chi connectivity index (χ1) is 14.5. The summed E-state index contributed by atoms with van der Waals surface area (Å²) in [4.78, 5) is 23.8. The van der Waals surface area contributed by atoms with Crippen molar-refractivity contribution in [1.29, 1.82) is 0 Å². The first kappa shape index (κ1) is 21.5. The number of nitrogens with one attached hydrogen (secondary N) is 3. The van der Waals surface area contributed by atoms with E-state index in [1.165, 1.54) is 47.4 Å². The Morgan fingerprint density at radius 1 is 1.03 bits per heavy atom. The molecule has 1 aromatic heterocycles. The van der Waals surface area contributed by atoms with Crippen LogP contribution in [0.25, 0.3) is 0 Å². The second-order valence-corrected chi connectivity index (χ2v) is 8.05. The number of carbonyl (C=O) groups excluding carboxylic acids is 2. The summed E-state index contributed by atoms with van der Waals surface area (Å²) in [6, 6.07) is 12.7. The molecule has 3 N–H and O–H groups in total. The van der Waals surface area contributed by atoms with E-state index in [9.17, 15) is 14.0 Å². The number of halogens is 1. The molecule has 0 bridgehead atoms. The zero-order chi connectivity index (χ0) is 21.3. The Bertz CT molecular complexity index is 996. The number of ether oxygens (including phenoxy) is 1. The van der Waals surface area contributed by atoms with Gasteiger partial charge in [-0.2, -0.15) is 0 Å². The number of amides is 2. The maximum Gasteiger partial charge on any atom is 0.243 e. The number of methoxy groups -OCH3 is 1. The van der Waals surface area contributed by atoms with Crippen molar-refractivity contribution in [2.24, 2.45) is 0 Å². The monoisotopic (exact) mass is 447 g/mol. The minimum absolute atomic E-state index is 0.0982. The Kier molecular flexibility index (Phi) is 7.57. The van der Waals surface area contributed by atoms with Gasteiger partial charge >= 0.3 is 0 Å². The van der Waals surface area contributed by atoms with E-state index in [0.29, 0.717) is 15.2 Å². The van der Waals surface area contributed by atoms with Crippen LogP contribution < -0.4 is 20.7 Å². The summed E-state index contributed by atoms with van der Waals surface area (Å²) in [6.45, 7) is -0.183. The highest BCUT2D eigenvalue weighted by atomic mass is 32.2. The Hall–Kier alpha value is -3.18. The van der Waals surface area contributed by atoms with Gasteiger partial charge in [-0.1, -0.05) is 23.1 Å². The fourth-order valence-electron chi connectivity index (χ4n) is 2.21. The minimum Gasteiger partial charge on any atom is -0.497 e. The number of rotatable bonds is 9. The van der Waals surface area contributed by atoms with Crippen molar-refractivity contribution < 1.29 is 18.7 Å². The maximum absolute atomic E-state index is 12.9. The molecule has 156 valence electrons. The molecule has 0 fully saturated rings. The molecule has 30 heavy (non-hydrogen) atoms. The normalized spacial score (nSPS) is 10.3. The minimum atomic E-state index is -0.401. The fraction of sp³-hybridized carbons (Fsp3) is 0.158. The smallest absolute Gasteiger partial charge is 0.243 e. The van der Waals surface area contributed by atoms with Crippen molar-refractivity contribution in [3.05, 3.63) is 54.3 Å². The van der Waals surface area contributed by atoms with Crippen molar-refractivity contribution in [1.82, 2.24) is 15.5 Å². The van der Waals surface area contributed by atoms with E-state index in [4.69, 9.17) is 4.74 Å².